The Labute approximate surface area is 99.2 Å². The van der Waals surface area contributed by atoms with Crippen LogP contribution in [-0.4, -0.2) is 10.1 Å². The molecule has 3 aromatic rings. The fourth-order valence-electron chi connectivity index (χ4n) is 1.91. The van der Waals surface area contributed by atoms with Crippen molar-refractivity contribution in [3.63, 3.8) is 0 Å². The van der Waals surface area contributed by atoms with Gasteiger partial charge in [0.1, 0.15) is 11.4 Å². The maximum atomic E-state index is 10.00. The van der Waals surface area contributed by atoms with Crippen molar-refractivity contribution in [2.45, 2.75) is 0 Å². The number of hydrogen-bond acceptors (Lipinski definition) is 2. The summed E-state index contributed by atoms with van der Waals surface area (Å²) < 4.78 is 0. The maximum Gasteiger partial charge on any atom is 0.142 e. The van der Waals surface area contributed by atoms with Crippen LogP contribution < -0.4 is 0 Å². The number of nitrogens with zero attached hydrogens (tertiary/aromatic N) is 1. The monoisotopic (exact) mass is 221 g/mol. The largest absolute Gasteiger partial charge is 0.506 e. The van der Waals surface area contributed by atoms with E-state index in [1.54, 1.807) is 6.07 Å². The van der Waals surface area contributed by atoms with Gasteiger partial charge in [0, 0.05) is 10.9 Å². The van der Waals surface area contributed by atoms with Gasteiger partial charge in [-0.05, 0) is 12.1 Å². The average Bonchev–Trinajstić information content (AvgIpc) is 2.39. The van der Waals surface area contributed by atoms with Crippen molar-refractivity contribution in [1.82, 2.24) is 4.98 Å². The molecule has 3 rings (SSSR count). The highest BCUT2D eigenvalue weighted by Crippen LogP contribution is 2.29. The van der Waals surface area contributed by atoms with Crippen LogP contribution in [0.15, 0.2) is 60.7 Å². The van der Waals surface area contributed by atoms with Crippen molar-refractivity contribution in [2.75, 3.05) is 0 Å². The van der Waals surface area contributed by atoms with Gasteiger partial charge in [-0.25, -0.2) is 4.98 Å². The van der Waals surface area contributed by atoms with E-state index in [4.69, 9.17) is 0 Å². The van der Waals surface area contributed by atoms with Gasteiger partial charge in [-0.1, -0.05) is 48.5 Å². The van der Waals surface area contributed by atoms with Crippen molar-refractivity contribution < 1.29 is 5.11 Å². The fourth-order valence-corrected chi connectivity index (χ4v) is 1.91. The van der Waals surface area contributed by atoms with Gasteiger partial charge < -0.3 is 5.11 Å². The number of rotatable bonds is 1. The van der Waals surface area contributed by atoms with Gasteiger partial charge in [0.05, 0.1) is 5.52 Å². The van der Waals surface area contributed by atoms with Crippen molar-refractivity contribution in [3.05, 3.63) is 60.7 Å². The molecule has 0 radical (unpaired) electrons. The number of pyridine rings is 1. The molecule has 0 amide bonds. The molecule has 0 fully saturated rings. The zero-order valence-electron chi connectivity index (χ0n) is 9.17. The molecule has 1 aromatic heterocycles. The predicted octanol–water partition coefficient (Wildman–Crippen LogP) is 3.61. The third-order valence-corrected chi connectivity index (χ3v) is 2.75. The van der Waals surface area contributed by atoms with Crippen molar-refractivity contribution in [2.24, 2.45) is 0 Å². The van der Waals surface area contributed by atoms with E-state index < -0.39 is 0 Å². The van der Waals surface area contributed by atoms with Crippen LogP contribution >= 0.6 is 0 Å². The molecule has 0 atom stereocenters. The molecule has 2 nitrogen and oxygen atoms in total. The second-order valence-electron chi connectivity index (χ2n) is 3.91. The summed E-state index contributed by atoms with van der Waals surface area (Å²) in [4.78, 5) is 4.50. The van der Waals surface area contributed by atoms with Gasteiger partial charge in [0.2, 0.25) is 0 Å². The van der Waals surface area contributed by atoms with Crippen molar-refractivity contribution in [1.29, 1.82) is 0 Å². The number of fused-ring (bicyclic) bond motifs is 1. The first kappa shape index (κ1) is 9.85. The highest BCUT2D eigenvalue weighted by molar-refractivity contribution is 5.84. The van der Waals surface area contributed by atoms with Crippen LogP contribution in [0.1, 0.15) is 0 Å². The molecule has 1 heterocycles. The zero-order valence-corrected chi connectivity index (χ0v) is 9.17. The van der Waals surface area contributed by atoms with Crippen LogP contribution in [0, 0.1) is 0 Å². The molecule has 82 valence electrons. The van der Waals surface area contributed by atoms with Crippen molar-refractivity contribution in [3.8, 4) is 17.0 Å². The lowest BCUT2D eigenvalue weighted by Crippen LogP contribution is -1.86. The second-order valence-corrected chi connectivity index (χ2v) is 3.91. The smallest absolute Gasteiger partial charge is 0.142 e. The summed E-state index contributed by atoms with van der Waals surface area (Å²) in [6.07, 6.45) is 0. The first-order valence-corrected chi connectivity index (χ1v) is 5.49. The van der Waals surface area contributed by atoms with Gasteiger partial charge >= 0.3 is 0 Å². The number of benzene rings is 2. The Morgan fingerprint density at radius 1 is 0.824 bits per heavy atom. The molecular formula is C15H11NO. The van der Waals surface area contributed by atoms with Gasteiger partial charge in [-0.15, -0.1) is 0 Å². The number of para-hydroxylation sites is 1. The number of aromatic hydroxyl groups is 1. The summed E-state index contributed by atoms with van der Waals surface area (Å²) in [6, 6.07) is 19.2. The van der Waals surface area contributed by atoms with E-state index in [-0.39, 0.29) is 5.75 Å². The highest BCUT2D eigenvalue weighted by Gasteiger charge is 2.07. The minimum Gasteiger partial charge on any atom is -0.506 e. The highest BCUT2D eigenvalue weighted by atomic mass is 16.3. The van der Waals surface area contributed by atoms with Gasteiger partial charge in [0.15, 0.2) is 0 Å². The Kier molecular flexibility index (Phi) is 2.26. The second kappa shape index (κ2) is 3.91. The Morgan fingerprint density at radius 2 is 1.53 bits per heavy atom. The lowest BCUT2D eigenvalue weighted by molar-refractivity contribution is 0.476. The van der Waals surface area contributed by atoms with E-state index in [1.165, 1.54) is 0 Å². The summed E-state index contributed by atoms with van der Waals surface area (Å²) in [5, 5.41) is 10.9. The first-order valence-electron chi connectivity index (χ1n) is 5.49. The average molecular weight is 221 g/mol. The Hall–Kier alpha value is -2.35. The summed E-state index contributed by atoms with van der Waals surface area (Å²) in [5.74, 6) is 0.218. The molecule has 0 spiro atoms. The molecule has 0 aliphatic heterocycles. The van der Waals surface area contributed by atoms with Crippen LogP contribution in [0.4, 0.5) is 0 Å². The molecule has 0 unspecified atom stereocenters. The van der Waals surface area contributed by atoms with E-state index in [0.717, 1.165) is 16.5 Å². The Balaban J connectivity index is 2.27. The molecule has 0 aliphatic rings. The molecule has 2 heteroatoms. The van der Waals surface area contributed by atoms with Crippen LogP contribution in [0.5, 0.6) is 5.75 Å². The van der Waals surface area contributed by atoms with Gasteiger partial charge in [-0.3, -0.25) is 0 Å². The van der Waals surface area contributed by atoms with Gasteiger partial charge in [-0.2, -0.15) is 0 Å². The van der Waals surface area contributed by atoms with E-state index in [0.29, 0.717) is 5.69 Å². The van der Waals surface area contributed by atoms with Crippen LogP contribution in [0.2, 0.25) is 0 Å². The summed E-state index contributed by atoms with van der Waals surface area (Å²) in [7, 11) is 0. The van der Waals surface area contributed by atoms with Crippen LogP contribution in [0.3, 0.4) is 0 Å². The SMILES string of the molecule is Oc1cc2ccccc2nc1-c1ccccc1. The third kappa shape index (κ3) is 1.74. The Bertz CT molecular complexity index is 662. The first-order chi connectivity index (χ1) is 8.34. The molecule has 0 bridgehead atoms. The lowest BCUT2D eigenvalue weighted by Gasteiger charge is -2.05. The molecule has 2 aromatic carbocycles. The topological polar surface area (TPSA) is 33.1 Å². The normalized spacial score (nSPS) is 10.6. The maximum absolute atomic E-state index is 10.00. The zero-order chi connectivity index (χ0) is 11.7. The van der Waals surface area contributed by atoms with E-state index >= 15 is 0 Å². The molecular weight excluding hydrogens is 210 g/mol. The van der Waals surface area contributed by atoms with E-state index in [1.807, 2.05) is 54.6 Å². The van der Waals surface area contributed by atoms with E-state index in [9.17, 15) is 5.11 Å². The van der Waals surface area contributed by atoms with Crippen LogP contribution in [0.25, 0.3) is 22.2 Å². The number of aromatic nitrogens is 1. The molecule has 1 N–H and O–H groups in total. The van der Waals surface area contributed by atoms with Crippen molar-refractivity contribution >= 4 is 10.9 Å². The third-order valence-electron chi connectivity index (χ3n) is 2.75. The molecule has 0 aliphatic carbocycles. The summed E-state index contributed by atoms with van der Waals surface area (Å²) in [5.41, 5.74) is 2.45. The molecule has 17 heavy (non-hydrogen) atoms. The minimum absolute atomic E-state index is 0.218. The number of hydrogen-bond donors (Lipinski definition) is 1. The molecule has 0 saturated carbocycles. The molecule has 0 saturated heterocycles. The predicted molar refractivity (Wildman–Crippen MR) is 68.8 cm³/mol. The quantitative estimate of drug-likeness (QED) is 0.681. The fraction of sp³-hybridized carbons (Fsp3) is 0. The van der Waals surface area contributed by atoms with Crippen LogP contribution in [-0.2, 0) is 0 Å². The summed E-state index contributed by atoms with van der Waals surface area (Å²) >= 11 is 0. The minimum atomic E-state index is 0.218. The summed E-state index contributed by atoms with van der Waals surface area (Å²) in [6.45, 7) is 0. The lowest BCUT2D eigenvalue weighted by atomic mass is 10.1. The standard InChI is InChI=1S/C15H11NO/c17-14-10-12-8-4-5-9-13(12)16-15(14)11-6-2-1-3-7-11/h1-10,17H. The van der Waals surface area contributed by atoms with E-state index in [2.05, 4.69) is 4.98 Å². The van der Waals surface area contributed by atoms with Gasteiger partial charge in [0.25, 0.3) is 0 Å². The Morgan fingerprint density at radius 3 is 2.35 bits per heavy atom.